The van der Waals surface area contributed by atoms with Crippen LogP contribution in [-0.2, 0) is 22.8 Å². The van der Waals surface area contributed by atoms with Gasteiger partial charge < -0.3 is 10.6 Å². The molecule has 1 fully saturated rings. The van der Waals surface area contributed by atoms with E-state index in [-0.39, 0.29) is 5.56 Å². The van der Waals surface area contributed by atoms with E-state index in [9.17, 15) is 13.2 Å². The van der Waals surface area contributed by atoms with Crippen molar-refractivity contribution in [1.82, 2.24) is 20.2 Å². The third-order valence-electron chi connectivity index (χ3n) is 5.36. The lowest BCUT2D eigenvalue weighted by atomic mass is 10.1. The molecule has 2 heterocycles. The first kappa shape index (κ1) is 23.5. The van der Waals surface area contributed by atoms with Crippen LogP contribution < -0.4 is 20.4 Å². The number of benzene rings is 1. The van der Waals surface area contributed by atoms with Crippen LogP contribution in [0.5, 0.6) is 0 Å². The van der Waals surface area contributed by atoms with E-state index in [4.69, 9.17) is 4.84 Å². The molecule has 0 atom stereocenters. The lowest BCUT2D eigenvalue weighted by molar-refractivity contribution is 0.0365. The quantitative estimate of drug-likeness (QED) is 0.255. The van der Waals surface area contributed by atoms with Gasteiger partial charge in [-0.15, -0.1) is 0 Å². The van der Waals surface area contributed by atoms with E-state index in [1.54, 1.807) is 37.0 Å². The molecule has 1 aliphatic rings. The molecule has 11 nitrogen and oxygen atoms in total. The number of nitrogens with one attached hydrogen (secondary N) is 3. The van der Waals surface area contributed by atoms with Crippen LogP contribution in [0.15, 0.2) is 42.7 Å². The second kappa shape index (κ2) is 10.1. The molecule has 0 aliphatic heterocycles. The van der Waals surface area contributed by atoms with Crippen LogP contribution in [0.2, 0.25) is 0 Å². The van der Waals surface area contributed by atoms with Gasteiger partial charge in [-0.2, -0.15) is 5.10 Å². The van der Waals surface area contributed by atoms with Gasteiger partial charge in [-0.1, -0.05) is 6.07 Å². The van der Waals surface area contributed by atoms with Crippen molar-refractivity contribution in [3.05, 3.63) is 53.9 Å². The lowest BCUT2D eigenvalue weighted by Crippen LogP contribution is -2.25. The Labute approximate surface area is 199 Å². The van der Waals surface area contributed by atoms with Gasteiger partial charge in [-0.3, -0.25) is 18.6 Å². The van der Waals surface area contributed by atoms with E-state index in [1.807, 2.05) is 18.2 Å². The molecule has 0 unspecified atom stereocenters. The van der Waals surface area contributed by atoms with Gasteiger partial charge in [0.15, 0.2) is 5.82 Å². The number of hydrogen-bond donors (Lipinski definition) is 4. The van der Waals surface area contributed by atoms with Gasteiger partial charge in [0.25, 0.3) is 5.91 Å². The molecular weight excluding hydrogens is 458 g/mol. The Kier molecular flexibility index (Phi) is 6.98. The lowest BCUT2D eigenvalue weighted by Gasteiger charge is -2.20. The summed E-state index contributed by atoms with van der Waals surface area (Å²) in [6.07, 6.45) is 5.39. The zero-order valence-electron chi connectivity index (χ0n) is 19.1. The standard InChI is InChI=1S/C22H27N7O4S/c1-4-33-27-22(30)16-13-23-21(25-20-9-10-28(2)26-20)12-18(16)24-17-8-7-15(14-5-6-14)11-19(17)29(3)34(31)32/h7-14,34H,4-6H2,1-3H3,(H,27,30)(H2,23,24,25,26). The highest BCUT2D eigenvalue weighted by Crippen LogP contribution is 2.43. The monoisotopic (exact) mass is 485 g/mol. The number of hydrogen-bond acceptors (Lipinski definition) is 8. The normalized spacial score (nSPS) is 13.1. The van der Waals surface area contributed by atoms with Crippen LogP contribution in [0.1, 0.15) is 41.6 Å². The topological polar surface area (TPSA) is 130 Å². The average molecular weight is 486 g/mol. The molecule has 2 aromatic heterocycles. The van der Waals surface area contributed by atoms with E-state index in [0.29, 0.717) is 41.2 Å². The molecule has 12 heteroatoms. The van der Waals surface area contributed by atoms with Gasteiger partial charge in [0.1, 0.15) is 5.82 Å². The van der Waals surface area contributed by atoms with Crippen molar-refractivity contribution >= 4 is 45.5 Å². The number of amides is 1. The maximum Gasteiger partial charge on any atom is 0.278 e. The Morgan fingerprint density at radius 1 is 1.18 bits per heavy atom. The molecule has 0 bridgehead atoms. The van der Waals surface area contributed by atoms with Crippen molar-refractivity contribution in [3.63, 3.8) is 0 Å². The number of carbonyl (C=O) groups is 1. The summed E-state index contributed by atoms with van der Waals surface area (Å²) in [7, 11) is 0.448. The number of thiol groups is 1. The Balaban J connectivity index is 1.72. The molecule has 1 aliphatic carbocycles. The summed E-state index contributed by atoms with van der Waals surface area (Å²) in [5.74, 6) is 1.01. The van der Waals surface area contributed by atoms with E-state index < -0.39 is 16.8 Å². The maximum atomic E-state index is 12.7. The molecule has 1 amide bonds. The van der Waals surface area contributed by atoms with E-state index in [1.165, 1.54) is 17.5 Å². The zero-order valence-corrected chi connectivity index (χ0v) is 20.0. The number of nitrogens with zero attached hydrogens (tertiary/aromatic N) is 4. The van der Waals surface area contributed by atoms with Gasteiger partial charge in [0, 0.05) is 38.6 Å². The highest BCUT2D eigenvalue weighted by molar-refractivity contribution is 7.74. The largest absolute Gasteiger partial charge is 0.353 e. The molecule has 0 saturated heterocycles. The van der Waals surface area contributed by atoms with Crippen molar-refractivity contribution < 1.29 is 18.0 Å². The molecule has 4 rings (SSSR count). The number of pyridine rings is 1. The summed E-state index contributed by atoms with van der Waals surface area (Å²) in [6, 6.07) is 9.13. The maximum absolute atomic E-state index is 12.7. The van der Waals surface area contributed by atoms with Crippen molar-refractivity contribution in [3.8, 4) is 0 Å². The predicted octanol–water partition coefficient (Wildman–Crippen LogP) is 2.82. The Bertz CT molecular complexity index is 1260. The van der Waals surface area contributed by atoms with Crippen molar-refractivity contribution in [2.45, 2.75) is 25.7 Å². The van der Waals surface area contributed by atoms with Crippen molar-refractivity contribution in [2.24, 2.45) is 7.05 Å². The van der Waals surface area contributed by atoms with Gasteiger partial charge in [-0.05, 0) is 43.4 Å². The third kappa shape index (κ3) is 5.46. The molecule has 180 valence electrons. The van der Waals surface area contributed by atoms with Crippen LogP contribution >= 0.6 is 0 Å². The fraction of sp³-hybridized carbons (Fsp3) is 0.318. The van der Waals surface area contributed by atoms with Crippen LogP contribution in [-0.4, -0.2) is 42.7 Å². The number of aryl methyl sites for hydroxylation is 1. The molecule has 34 heavy (non-hydrogen) atoms. The molecule has 0 radical (unpaired) electrons. The van der Waals surface area contributed by atoms with Crippen molar-refractivity contribution in [1.29, 1.82) is 0 Å². The minimum absolute atomic E-state index is 0.228. The van der Waals surface area contributed by atoms with Crippen LogP contribution in [0.4, 0.5) is 28.7 Å². The minimum Gasteiger partial charge on any atom is -0.353 e. The SMILES string of the molecule is CCONC(=O)c1cnc(Nc2ccn(C)n2)cc1Nc1ccc(C2CC2)cc1N(C)[SH](=O)=O. The fourth-order valence-electron chi connectivity index (χ4n) is 3.44. The molecule has 1 saturated carbocycles. The average Bonchev–Trinajstić information content (AvgIpc) is 3.59. The second-order valence-corrected chi connectivity index (χ2v) is 8.99. The number of rotatable bonds is 10. The van der Waals surface area contributed by atoms with Crippen LogP contribution in [0, 0.1) is 0 Å². The summed E-state index contributed by atoms with van der Waals surface area (Å²) in [4.78, 5) is 22.1. The van der Waals surface area contributed by atoms with Gasteiger partial charge in [0.05, 0.1) is 29.2 Å². The smallest absolute Gasteiger partial charge is 0.278 e. The molecular formula is C22H27N7O4S. The van der Waals surface area contributed by atoms with Crippen molar-refractivity contribution in [2.75, 3.05) is 28.6 Å². The summed E-state index contributed by atoms with van der Waals surface area (Å²) >= 11 is 0. The Hall–Kier alpha value is -3.64. The third-order valence-corrected chi connectivity index (χ3v) is 6.07. The van der Waals surface area contributed by atoms with Gasteiger partial charge in [0.2, 0.25) is 10.9 Å². The van der Waals surface area contributed by atoms with E-state index in [2.05, 4.69) is 26.2 Å². The zero-order chi connectivity index (χ0) is 24.2. The number of aromatic nitrogens is 3. The summed E-state index contributed by atoms with van der Waals surface area (Å²) < 4.78 is 26.4. The first-order valence-corrected chi connectivity index (χ1v) is 12.0. The van der Waals surface area contributed by atoms with E-state index in [0.717, 1.165) is 18.4 Å². The summed E-state index contributed by atoms with van der Waals surface area (Å²) in [5, 5.41) is 10.6. The van der Waals surface area contributed by atoms with Gasteiger partial charge in [-0.25, -0.2) is 18.9 Å². The number of carbonyl (C=O) groups excluding carboxylic acids is 1. The first-order chi connectivity index (χ1) is 16.4. The molecule has 3 aromatic rings. The second-order valence-electron chi connectivity index (χ2n) is 7.92. The fourth-order valence-corrected chi connectivity index (χ4v) is 3.78. The molecule has 3 N–H and O–H groups in total. The Morgan fingerprint density at radius 3 is 2.62 bits per heavy atom. The van der Waals surface area contributed by atoms with Crippen LogP contribution in [0.25, 0.3) is 0 Å². The molecule has 0 spiro atoms. The highest BCUT2D eigenvalue weighted by Gasteiger charge is 2.25. The Morgan fingerprint density at radius 2 is 1.97 bits per heavy atom. The number of anilines is 5. The predicted molar refractivity (Wildman–Crippen MR) is 130 cm³/mol. The summed E-state index contributed by atoms with van der Waals surface area (Å²) in [5.41, 5.74) is 5.13. The summed E-state index contributed by atoms with van der Waals surface area (Å²) in [6.45, 7) is 2.06. The van der Waals surface area contributed by atoms with E-state index >= 15 is 0 Å². The minimum atomic E-state index is -2.85. The highest BCUT2D eigenvalue weighted by atomic mass is 32.2. The van der Waals surface area contributed by atoms with Crippen LogP contribution in [0.3, 0.4) is 0 Å². The first-order valence-electron chi connectivity index (χ1n) is 10.8. The van der Waals surface area contributed by atoms with Gasteiger partial charge >= 0.3 is 0 Å². The number of hydroxylamine groups is 1. The molecule has 1 aromatic carbocycles.